The number of hydrogen-bond donors (Lipinski definition) is 0. The summed E-state index contributed by atoms with van der Waals surface area (Å²) < 4.78 is 51.9. The second kappa shape index (κ2) is 10.1. The van der Waals surface area contributed by atoms with E-state index in [-0.39, 0.29) is 20.6 Å². The number of hydroxylamine groups is 1. The van der Waals surface area contributed by atoms with Crippen molar-refractivity contribution in [3.05, 3.63) is 54.1 Å². The van der Waals surface area contributed by atoms with Crippen LogP contribution in [0.3, 0.4) is 0 Å². The van der Waals surface area contributed by atoms with Gasteiger partial charge in [-0.15, -0.1) is 0 Å². The van der Waals surface area contributed by atoms with Gasteiger partial charge in [-0.25, -0.2) is 26.1 Å². The molecular formula is C21H26N4O6S3. The van der Waals surface area contributed by atoms with E-state index in [1.165, 1.54) is 81.3 Å². The van der Waals surface area contributed by atoms with Gasteiger partial charge in [0.15, 0.2) is 5.17 Å². The number of nitrogens with zero attached hydrogens (tertiary/aromatic N) is 4. The summed E-state index contributed by atoms with van der Waals surface area (Å²) in [5.74, 6) is -0.412. The van der Waals surface area contributed by atoms with Crippen molar-refractivity contribution in [1.29, 1.82) is 0 Å². The van der Waals surface area contributed by atoms with Crippen LogP contribution in [-0.2, 0) is 24.9 Å². The van der Waals surface area contributed by atoms with Crippen molar-refractivity contribution in [2.24, 2.45) is 4.99 Å². The highest BCUT2D eigenvalue weighted by Crippen LogP contribution is 2.31. The van der Waals surface area contributed by atoms with Crippen molar-refractivity contribution in [1.82, 2.24) is 13.7 Å². The van der Waals surface area contributed by atoms with Gasteiger partial charge in [-0.2, -0.15) is 0 Å². The molecule has 13 heteroatoms. The first kappa shape index (κ1) is 26.3. The molecule has 3 rings (SSSR count). The van der Waals surface area contributed by atoms with Crippen molar-refractivity contribution in [3.63, 3.8) is 0 Å². The largest absolute Gasteiger partial charge is 0.288 e. The third-order valence-electron chi connectivity index (χ3n) is 5.02. The van der Waals surface area contributed by atoms with Crippen LogP contribution in [0.2, 0.25) is 0 Å². The van der Waals surface area contributed by atoms with Crippen molar-refractivity contribution in [3.8, 4) is 0 Å². The fourth-order valence-corrected chi connectivity index (χ4v) is 6.09. The van der Waals surface area contributed by atoms with E-state index >= 15 is 0 Å². The number of benzene rings is 2. The first-order chi connectivity index (χ1) is 15.9. The molecule has 2 aromatic carbocycles. The molecule has 1 saturated heterocycles. The Hall–Kier alpha value is -2.29. The molecule has 34 heavy (non-hydrogen) atoms. The number of thioether (sulfide) groups is 1. The monoisotopic (exact) mass is 526 g/mol. The lowest BCUT2D eigenvalue weighted by Gasteiger charge is -2.18. The zero-order valence-corrected chi connectivity index (χ0v) is 21.8. The molecule has 1 amide bonds. The summed E-state index contributed by atoms with van der Waals surface area (Å²) in [5.41, 5.74) is 0.562. The number of carbonyl (C=O) groups excluding carboxylic acids is 1. The Morgan fingerprint density at radius 2 is 1.65 bits per heavy atom. The molecule has 184 valence electrons. The molecule has 1 heterocycles. The number of amides is 1. The number of amidine groups is 1. The van der Waals surface area contributed by atoms with E-state index in [1.807, 2.05) is 6.92 Å². The van der Waals surface area contributed by atoms with Crippen LogP contribution in [0.1, 0.15) is 17.3 Å². The predicted molar refractivity (Wildman–Crippen MR) is 131 cm³/mol. The Morgan fingerprint density at radius 1 is 1.03 bits per heavy atom. The average Bonchev–Trinajstić information content (AvgIpc) is 3.17. The zero-order chi connectivity index (χ0) is 25.3. The van der Waals surface area contributed by atoms with Gasteiger partial charge in [0.2, 0.25) is 10.0 Å². The van der Waals surface area contributed by atoms with Crippen molar-refractivity contribution < 1.29 is 26.5 Å². The van der Waals surface area contributed by atoms with Gasteiger partial charge in [0, 0.05) is 38.5 Å². The first-order valence-electron chi connectivity index (χ1n) is 10.1. The Morgan fingerprint density at radius 3 is 2.26 bits per heavy atom. The van der Waals surface area contributed by atoms with Crippen LogP contribution in [0, 0.1) is 0 Å². The fraction of sp³-hybridized carbons (Fsp3) is 0.333. The molecule has 1 fully saturated rings. The van der Waals surface area contributed by atoms with E-state index in [0.717, 1.165) is 4.31 Å². The number of rotatable bonds is 7. The first-order valence-corrected chi connectivity index (χ1v) is 13.9. The van der Waals surface area contributed by atoms with Crippen molar-refractivity contribution >= 4 is 48.6 Å². The van der Waals surface area contributed by atoms with Crippen LogP contribution in [0.25, 0.3) is 0 Å². The minimum atomic E-state index is -3.92. The summed E-state index contributed by atoms with van der Waals surface area (Å²) in [5, 5.41) is 0.446. The smallest absolute Gasteiger partial charge is 0.264 e. The summed E-state index contributed by atoms with van der Waals surface area (Å²) in [7, 11) is -2.18. The van der Waals surface area contributed by atoms with E-state index in [0.29, 0.717) is 21.9 Å². The lowest BCUT2D eigenvalue weighted by atomic mass is 10.2. The number of hydrogen-bond acceptors (Lipinski definition) is 8. The van der Waals surface area contributed by atoms with Crippen LogP contribution in [0.15, 0.2) is 63.3 Å². The molecule has 1 atom stereocenters. The molecule has 0 aliphatic carbocycles. The maximum atomic E-state index is 13.3. The van der Waals surface area contributed by atoms with Gasteiger partial charge in [-0.1, -0.05) is 35.3 Å². The second-order valence-electron chi connectivity index (χ2n) is 7.65. The molecule has 0 aromatic heterocycles. The third kappa shape index (κ3) is 5.34. The molecular weight excluding hydrogens is 500 g/mol. The summed E-state index contributed by atoms with van der Waals surface area (Å²) in [6.07, 6.45) is 0. The Labute approximate surface area is 204 Å². The molecule has 1 aliphatic rings. The van der Waals surface area contributed by atoms with Crippen LogP contribution in [0.5, 0.6) is 0 Å². The summed E-state index contributed by atoms with van der Waals surface area (Å²) in [6.45, 7) is 2.31. The maximum absolute atomic E-state index is 13.3. The van der Waals surface area contributed by atoms with Crippen LogP contribution >= 0.6 is 11.8 Å². The molecule has 2 aromatic rings. The standard InChI is InChI=1S/C21H26N4O6S3/c1-15-14-25(20(26)16-8-6-10-18(12-16)34(29,30)24(4)31-5)21(32-15)22-17-9-7-11-19(13-17)33(27,28)23(2)3/h6-13,15H,14H2,1-5H3/t15-/m0/s1. The Balaban J connectivity index is 1.96. The number of aliphatic imine (C=N–C) groups is 1. The summed E-state index contributed by atoms with van der Waals surface area (Å²) in [6, 6.07) is 11.9. The maximum Gasteiger partial charge on any atom is 0.264 e. The van der Waals surface area contributed by atoms with Crippen LogP contribution in [0.4, 0.5) is 5.69 Å². The number of sulfonamides is 2. The number of carbonyl (C=O) groups is 1. The van der Waals surface area contributed by atoms with Gasteiger partial charge < -0.3 is 0 Å². The molecule has 0 N–H and O–H groups in total. The highest BCUT2D eigenvalue weighted by molar-refractivity contribution is 8.14. The molecule has 0 radical (unpaired) electrons. The quantitative estimate of drug-likeness (QED) is 0.509. The lowest BCUT2D eigenvalue weighted by Crippen LogP contribution is -2.33. The van der Waals surface area contributed by atoms with E-state index in [2.05, 4.69) is 4.99 Å². The minimum absolute atomic E-state index is 0.0444. The molecule has 1 aliphatic heterocycles. The summed E-state index contributed by atoms with van der Waals surface area (Å²) in [4.78, 5) is 24.1. The van der Waals surface area contributed by atoms with Crippen molar-refractivity contribution in [2.75, 3.05) is 34.8 Å². The highest BCUT2D eigenvalue weighted by Gasteiger charge is 2.32. The Bertz CT molecular complexity index is 1330. The molecule has 0 bridgehead atoms. The average molecular weight is 527 g/mol. The lowest BCUT2D eigenvalue weighted by molar-refractivity contribution is -0.0258. The van der Waals surface area contributed by atoms with Crippen molar-refractivity contribution in [2.45, 2.75) is 22.0 Å². The van der Waals surface area contributed by atoms with Gasteiger partial charge in [-0.3, -0.25) is 14.5 Å². The Kier molecular flexibility index (Phi) is 7.85. The van der Waals surface area contributed by atoms with Crippen LogP contribution in [-0.4, -0.2) is 81.6 Å². The van der Waals surface area contributed by atoms with E-state index in [9.17, 15) is 21.6 Å². The van der Waals surface area contributed by atoms with Gasteiger partial charge >= 0.3 is 0 Å². The van der Waals surface area contributed by atoms with Gasteiger partial charge in [0.1, 0.15) is 0 Å². The van der Waals surface area contributed by atoms with E-state index in [1.54, 1.807) is 12.1 Å². The third-order valence-corrected chi connectivity index (χ3v) is 9.58. The van der Waals surface area contributed by atoms with Gasteiger partial charge in [0.05, 0.1) is 22.6 Å². The zero-order valence-electron chi connectivity index (χ0n) is 19.4. The topological polar surface area (TPSA) is 117 Å². The second-order valence-corrected chi connectivity index (χ2v) is 13.1. The molecule has 0 unspecified atom stereocenters. The highest BCUT2D eigenvalue weighted by atomic mass is 32.2. The molecule has 0 spiro atoms. The normalized spacial score (nSPS) is 18.3. The summed E-state index contributed by atoms with van der Waals surface area (Å²) >= 11 is 1.38. The fourth-order valence-electron chi connectivity index (χ4n) is 3.10. The van der Waals surface area contributed by atoms with Gasteiger partial charge in [-0.05, 0) is 36.4 Å². The molecule has 0 saturated carbocycles. The van der Waals surface area contributed by atoms with E-state index in [4.69, 9.17) is 4.84 Å². The molecule has 10 nitrogen and oxygen atoms in total. The minimum Gasteiger partial charge on any atom is -0.288 e. The van der Waals surface area contributed by atoms with Gasteiger partial charge in [0.25, 0.3) is 15.9 Å². The van der Waals surface area contributed by atoms with E-state index < -0.39 is 26.0 Å². The predicted octanol–water partition coefficient (Wildman–Crippen LogP) is 2.38. The van der Waals surface area contributed by atoms with Crippen LogP contribution < -0.4 is 0 Å². The SMILES string of the molecule is CON(C)S(=O)(=O)c1cccc(C(=O)N2C[C@H](C)SC2=Nc2cccc(S(=O)(=O)N(C)C)c2)c1.